The van der Waals surface area contributed by atoms with Crippen LogP contribution in [0.25, 0.3) is 0 Å². The van der Waals surface area contributed by atoms with E-state index in [0.717, 1.165) is 19.3 Å². The molecule has 2 aliphatic rings. The molecule has 6 atom stereocenters. The van der Waals surface area contributed by atoms with Crippen molar-refractivity contribution in [1.29, 1.82) is 0 Å². The quantitative estimate of drug-likeness (QED) is 0.769. The number of carbonyl (C=O) groups excluding carboxylic acids is 1. The van der Waals surface area contributed by atoms with Gasteiger partial charge in [0.2, 0.25) is 0 Å². The summed E-state index contributed by atoms with van der Waals surface area (Å²) in [5.74, 6) is 0.574. The Morgan fingerprint density at radius 1 is 1.14 bits per heavy atom. The Hall–Kier alpha value is -0.610. The molecule has 0 aromatic carbocycles. The zero-order valence-corrected chi connectivity index (χ0v) is 13.9. The van der Waals surface area contributed by atoms with Crippen molar-refractivity contribution < 1.29 is 19.7 Å². The zero-order valence-electron chi connectivity index (χ0n) is 13.9. The van der Waals surface area contributed by atoms with Crippen molar-refractivity contribution in [2.45, 2.75) is 77.6 Å². The fourth-order valence-corrected chi connectivity index (χ4v) is 4.66. The summed E-state index contributed by atoms with van der Waals surface area (Å²) in [7, 11) is 0. The van der Waals surface area contributed by atoms with Crippen molar-refractivity contribution in [2.24, 2.45) is 23.7 Å². The molecular weight excluding hydrogens is 268 g/mol. The van der Waals surface area contributed by atoms with Crippen LogP contribution in [0.3, 0.4) is 0 Å². The number of esters is 1. The number of hydrogen-bond donors (Lipinski definition) is 2. The second-order valence-electron chi connectivity index (χ2n) is 7.91. The van der Waals surface area contributed by atoms with Crippen LogP contribution >= 0.6 is 0 Å². The minimum atomic E-state index is -1.01. The molecule has 122 valence electrons. The van der Waals surface area contributed by atoms with Crippen molar-refractivity contribution in [3.63, 3.8) is 0 Å². The Labute approximate surface area is 127 Å². The van der Waals surface area contributed by atoms with E-state index in [0.29, 0.717) is 18.3 Å². The fraction of sp³-hybridized carbons (Fsp3) is 0.941. The lowest BCUT2D eigenvalue weighted by atomic mass is 9.54. The highest BCUT2D eigenvalue weighted by atomic mass is 16.6. The molecule has 0 saturated heterocycles. The number of aliphatic hydroxyl groups is 2. The van der Waals surface area contributed by atoms with Gasteiger partial charge in [-0.3, -0.25) is 4.79 Å². The lowest BCUT2D eigenvalue weighted by Gasteiger charge is -2.56. The molecule has 2 rings (SSSR count). The maximum atomic E-state index is 11.5. The van der Waals surface area contributed by atoms with Crippen molar-refractivity contribution in [3.8, 4) is 0 Å². The van der Waals surface area contributed by atoms with E-state index in [2.05, 4.69) is 13.8 Å². The molecule has 0 bridgehead atoms. The van der Waals surface area contributed by atoms with Gasteiger partial charge >= 0.3 is 5.97 Å². The topological polar surface area (TPSA) is 66.8 Å². The van der Waals surface area contributed by atoms with Crippen LogP contribution < -0.4 is 0 Å². The van der Waals surface area contributed by atoms with Gasteiger partial charge < -0.3 is 14.9 Å². The highest BCUT2D eigenvalue weighted by Gasteiger charge is 2.57. The first kappa shape index (κ1) is 16.8. The fourth-order valence-electron chi connectivity index (χ4n) is 4.66. The highest BCUT2D eigenvalue weighted by molar-refractivity contribution is 5.66. The first-order chi connectivity index (χ1) is 9.56. The summed E-state index contributed by atoms with van der Waals surface area (Å²) in [4.78, 5) is 11.5. The van der Waals surface area contributed by atoms with Gasteiger partial charge in [0.25, 0.3) is 0 Å². The molecule has 4 nitrogen and oxygen atoms in total. The van der Waals surface area contributed by atoms with E-state index in [-0.39, 0.29) is 17.8 Å². The van der Waals surface area contributed by atoms with E-state index in [1.54, 1.807) is 6.92 Å². The number of rotatable bonds is 2. The van der Waals surface area contributed by atoms with Gasteiger partial charge in [-0.15, -0.1) is 0 Å². The molecule has 2 saturated carbocycles. The Bertz CT molecular complexity index is 400. The molecule has 2 fully saturated rings. The Kier molecular flexibility index (Phi) is 4.42. The molecule has 0 amide bonds. The third-order valence-corrected chi connectivity index (χ3v) is 5.81. The van der Waals surface area contributed by atoms with Crippen molar-refractivity contribution in [3.05, 3.63) is 0 Å². The van der Waals surface area contributed by atoms with Crippen molar-refractivity contribution in [2.75, 3.05) is 0 Å². The lowest BCUT2D eigenvalue weighted by Crippen LogP contribution is -2.61. The van der Waals surface area contributed by atoms with Crippen LogP contribution in [0.2, 0.25) is 0 Å². The van der Waals surface area contributed by atoms with Crippen LogP contribution in [0.1, 0.15) is 60.3 Å². The molecule has 0 aromatic rings. The molecule has 0 aromatic heterocycles. The minimum Gasteiger partial charge on any atom is -0.459 e. The Morgan fingerprint density at radius 3 is 2.24 bits per heavy atom. The van der Waals surface area contributed by atoms with Gasteiger partial charge in [-0.2, -0.15) is 0 Å². The van der Waals surface area contributed by atoms with Gasteiger partial charge in [0.1, 0.15) is 6.10 Å². The number of carbonyl (C=O) groups is 1. The van der Waals surface area contributed by atoms with Gasteiger partial charge in [0, 0.05) is 12.8 Å². The molecular formula is C17H30O4. The summed E-state index contributed by atoms with van der Waals surface area (Å²) in [6.45, 7) is 9.40. The minimum absolute atomic E-state index is 0.0291. The molecule has 4 heteroatoms. The third kappa shape index (κ3) is 3.11. The predicted molar refractivity (Wildman–Crippen MR) is 80.6 cm³/mol. The summed E-state index contributed by atoms with van der Waals surface area (Å²) in [5.41, 5.74) is -1.74. The second kappa shape index (κ2) is 5.54. The average Bonchev–Trinajstić information content (AvgIpc) is 2.31. The van der Waals surface area contributed by atoms with E-state index in [1.165, 1.54) is 6.92 Å². The molecule has 0 radical (unpaired) electrons. The first-order valence-electron chi connectivity index (χ1n) is 8.18. The normalized spacial score (nSPS) is 47.0. The predicted octanol–water partition coefficient (Wildman–Crippen LogP) is 2.51. The molecule has 0 heterocycles. The number of ether oxygens (including phenoxy) is 1. The third-order valence-electron chi connectivity index (χ3n) is 5.81. The van der Waals surface area contributed by atoms with Crippen molar-refractivity contribution in [1.82, 2.24) is 0 Å². The summed E-state index contributed by atoms with van der Waals surface area (Å²) in [6, 6.07) is 0. The van der Waals surface area contributed by atoms with Crippen LogP contribution in [-0.2, 0) is 9.53 Å². The standard InChI is InChI=1S/C17H30O4/c1-10(2)12-6-8-16(4,19)13-7-9-17(5,20)15(14(12)13)21-11(3)18/h10,12-15,19-20H,6-9H2,1-5H3/t12-,13+,14-,15-,16-,17-/m0/s1. The largest absolute Gasteiger partial charge is 0.459 e. The number of hydrogen-bond acceptors (Lipinski definition) is 4. The lowest BCUT2D eigenvalue weighted by molar-refractivity contribution is -0.218. The van der Waals surface area contributed by atoms with Crippen LogP contribution in [0.5, 0.6) is 0 Å². The van der Waals surface area contributed by atoms with Crippen LogP contribution in [0.4, 0.5) is 0 Å². The van der Waals surface area contributed by atoms with E-state index >= 15 is 0 Å². The maximum Gasteiger partial charge on any atom is 0.303 e. The zero-order chi connectivity index (χ0) is 16.0. The van der Waals surface area contributed by atoms with Crippen molar-refractivity contribution >= 4 is 5.97 Å². The molecule has 0 aliphatic heterocycles. The molecule has 2 aliphatic carbocycles. The van der Waals surface area contributed by atoms with E-state index in [4.69, 9.17) is 4.74 Å². The molecule has 0 spiro atoms. The summed E-state index contributed by atoms with van der Waals surface area (Å²) in [6.07, 6.45) is 2.53. The highest BCUT2D eigenvalue weighted by Crippen LogP contribution is 2.53. The van der Waals surface area contributed by atoms with Gasteiger partial charge in [-0.25, -0.2) is 0 Å². The van der Waals surface area contributed by atoms with Gasteiger partial charge in [-0.05, 0) is 57.3 Å². The Morgan fingerprint density at radius 2 is 1.71 bits per heavy atom. The molecule has 2 N–H and O–H groups in total. The maximum absolute atomic E-state index is 11.5. The van der Waals surface area contributed by atoms with E-state index < -0.39 is 17.3 Å². The number of fused-ring (bicyclic) bond motifs is 1. The monoisotopic (exact) mass is 298 g/mol. The SMILES string of the molecule is CC(=O)O[C@H]1[C@@H]2[C@@H](CC[C@]1(C)O)[C@@](C)(O)CC[C@H]2C(C)C. The summed E-state index contributed by atoms with van der Waals surface area (Å²) in [5, 5.41) is 21.5. The average molecular weight is 298 g/mol. The van der Waals surface area contributed by atoms with Crippen LogP contribution in [0, 0.1) is 23.7 Å². The van der Waals surface area contributed by atoms with Gasteiger partial charge in [-0.1, -0.05) is 13.8 Å². The van der Waals surface area contributed by atoms with Crippen LogP contribution in [-0.4, -0.2) is 33.5 Å². The van der Waals surface area contributed by atoms with E-state index in [1.807, 2.05) is 6.92 Å². The first-order valence-corrected chi connectivity index (χ1v) is 8.18. The smallest absolute Gasteiger partial charge is 0.303 e. The summed E-state index contributed by atoms with van der Waals surface area (Å²) >= 11 is 0. The van der Waals surface area contributed by atoms with E-state index in [9.17, 15) is 15.0 Å². The molecule has 0 unspecified atom stereocenters. The van der Waals surface area contributed by atoms with Gasteiger partial charge in [0.15, 0.2) is 0 Å². The van der Waals surface area contributed by atoms with Gasteiger partial charge in [0.05, 0.1) is 11.2 Å². The molecule has 21 heavy (non-hydrogen) atoms. The van der Waals surface area contributed by atoms with Crippen LogP contribution in [0.15, 0.2) is 0 Å². The summed E-state index contributed by atoms with van der Waals surface area (Å²) < 4.78 is 5.55. The second-order valence-corrected chi connectivity index (χ2v) is 7.91. The Balaban J connectivity index is 2.40.